The number of carbonyl (C=O) groups is 3. The van der Waals surface area contributed by atoms with Gasteiger partial charge in [0.2, 0.25) is 0 Å². The molecule has 0 aromatic heterocycles. The summed E-state index contributed by atoms with van der Waals surface area (Å²) in [5, 5.41) is 2.38. The number of hydrogen-bond acceptors (Lipinski definition) is 5. The lowest BCUT2D eigenvalue weighted by atomic mass is 10.2. The van der Waals surface area contributed by atoms with Crippen molar-refractivity contribution >= 4 is 52.2 Å². The maximum atomic E-state index is 14.1. The monoisotopic (exact) mass is 510 g/mol. The number of rotatable bonds is 7. The van der Waals surface area contributed by atoms with Gasteiger partial charge in [-0.1, -0.05) is 47.5 Å². The molecule has 1 N–H and O–H groups in total. The Kier molecular flexibility index (Phi) is 7.53. The van der Waals surface area contributed by atoms with Crippen molar-refractivity contribution in [1.82, 2.24) is 4.90 Å². The van der Waals surface area contributed by atoms with Crippen molar-refractivity contribution in [1.29, 1.82) is 0 Å². The number of aryl methyl sites for hydroxylation is 1. The van der Waals surface area contributed by atoms with Crippen molar-refractivity contribution in [2.75, 3.05) is 11.9 Å². The van der Waals surface area contributed by atoms with Gasteiger partial charge < -0.3 is 10.1 Å². The number of thioether (sulfide) groups is 1. The number of benzene rings is 3. The Morgan fingerprint density at radius 2 is 1.86 bits per heavy atom. The molecule has 0 unspecified atom stereocenters. The van der Waals surface area contributed by atoms with Gasteiger partial charge in [-0.15, -0.1) is 0 Å². The standard InChI is InChI=1S/C26H20ClFN2O4S/c1-16-8-10-18(11-9-16)29-24(31)15-34-19-5-2-4-17(12-19)13-23-25(32)30(26(33)35-23)14-20-21(27)6-3-7-22(20)28/h2-13H,14-15H2,1H3,(H,29,31)/b23-13-. The van der Waals surface area contributed by atoms with Gasteiger partial charge in [0.25, 0.3) is 17.1 Å². The summed E-state index contributed by atoms with van der Waals surface area (Å²) < 4.78 is 19.7. The normalized spacial score (nSPS) is 14.5. The second-order valence-electron chi connectivity index (χ2n) is 7.74. The molecule has 9 heteroatoms. The highest BCUT2D eigenvalue weighted by molar-refractivity contribution is 8.18. The smallest absolute Gasteiger partial charge is 0.293 e. The van der Waals surface area contributed by atoms with E-state index in [0.29, 0.717) is 17.0 Å². The van der Waals surface area contributed by atoms with Crippen LogP contribution in [0.15, 0.2) is 71.6 Å². The Labute approximate surface area is 210 Å². The Balaban J connectivity index is 1.40. The van der Waals surface area contributed by atoms with Crippen LogP contribution in [-0.2, 0) is 16.1 Å². The lowest BCUT2D eigenvalue weighted by molar-refractivity contribution is -0.123. The van der Waals surface area contributed by atoms with Crippen molar-refractivity contribution in [3.63, 3.8) is 0 Å². The molecule has 1 saturated heterocycles. The third-order valence-corrected chi connectivity index (χ3v) is 6.37. The molecule has 3 amide bonds. The van der Waals surface area contributed by atoms with Gasteiger partial charge >= 0.3 is 0 Å². The predicted molar refractivity (Wildman–Crippen MR) is 135 cm³/mol. The van der Waals surface area contributed by atoms with Gasteiger partial charge in [0.15, 0.2) is 6.61 Å². The lowest BCUT2D eigenvalue weighted by Crippen LogP contribution is -2.28. The van der Waals surface area contributed by atoms with Gasteiger partial charge in [-0.2, -0.15) is 0 Å². The van der Waals surface area contributed by atoms with Crippen molar-refractivity contribution in [2.24, 2.45) is 0 Å². The van der Waals surface area contributed by atoms with Gasteiger partial charge in [0.05, 0.1) is 11.4 Å². The number of anilines is 1. The van der Waals surface area contributed by atoms with Crippen LogP contribution in [0.1, 0.15) is 16.7 Å². The summed E-state index contributed by atoms with van der Waals surface area (Å²) in [6.07, 6.45) is 1.55. The molecule has 1 aliphatic heterocycles. The number of ether oxygens (including phenoxy) is 1. The Bertz CT molecular complexity index is 1310. The fourth-order valence-corrected chi connectivity index (χ4v) is 4.37. The maximum Gasteiger partial charge on any atom is 0.293 e. The Morgan fingerprint density at radius 3 is 2.60 bits per heavy atom. The number of amides is 3. The van der Waals surface area contributed by atoms with E-state index >= 15 is 0 Å². The number of nitrogens with one attached hydrogen (secondary N) is 1. The van der Waals surface area contributed by atoms with E-state index in [1.54, 1.807) is 42.5 Å². The molecule has 35 heavy (non-hydrogen) atoms. The summed E-state index contributed by atoms with van der Waals surface area (Å²) in [4.78, 5) is 38.5. The molecule has 0 aliphatic carbocycles. The lowest BCUT2D eigenvalue weighted by Gasteiger charge is -2.14. The minimum absolute atomic E-state index is 0.0806. The number of imide groups is 1. The first-order valence-electron chi connectivity index (χ1n) is 10.6. The number of nitrogens with zero attached hydrogens (tertiary/aromatic N) is 1. The number of halogens is 2. The topological polar surface area (TPSA) is 75.7 Å². The molecule has 1 heterocycles. The fourth-order valence-electron chi connectivity index (χ4n) is 3.31. The van der Waals surface area contributed by atoms with E-state index in [2.05, 4.69) is 5.32 Å². The van der Waals surface area contributed by atoms with E-state index in [1.165, 1.54) is 18.2 Å². The van der Waals surface area contributed by atoms with Crippen molar-refractivity contribution in [2.45, 2.75) is 13.5 Å². The molecule has 178 valence electrons. The molecule has 0 radical (unpaired) electrons. The molecule has 0 spiro atoms. The first-order chi connectivity index (χ1) is 16.8. The van der Waals surface area contributed by atoms with Crippen LogP contribution >= 0.6 is 23.4 Å². The SMILES string of the molecule is Cc1ccc(NC(=O)COc2cccc(/C=C3\SC(=O)N(Cc4c(F)cccc4Cl)C3=O)c2)cc1. The maximum absolute atomic E-state index is 14.1. The molecule has 6 nitrogen and oxygen atoms in total. The van der Waals surface area contributed by atoms with Gasteiger partial charge in [-0.3, -0.25) is 19.3 Å². The molecule has 0 atom stereocenters. The zero-order valence-electron chi connectivity index (χ0n) is 18.6. The minimum Gasteiger partial charge on any atom is -0.484 e. The highest BCUT2D eigenvalue weighted by Gasteiger charge is 2.35. The van der Waals surface area contributed by atoms with Crippen LogP contribution in [0.3, 0.4) is 0 Å². The molecular weight excluding hydrogens is 491 g/mol. The van der Waals surface area contributed by atoms with Crippen molar-refractivity contribution in [3.8, 4) is 5.75 Å². The Morgan fingerprint density at radius 1 is 1.11 bits per heavy atom. The van der Waals surface area contributed by atoms with Gasteiger partial charge in [-0.05, 0) is 66.7 Å². The molecule has 1 fully saturated rings. The zero-order chi connectivity index (χ0) is 24.9. The summed E-state index contributed by atoms with van der Waals surface area (Å²) in [5.74, 6) is -1.01. The molecule has 3 aromatic rings. The highest BCUT2D eigenvalue weighted by atomic mass is 35.5. The fraction of sp³-hybridized carbons (Fsp3) is 0.115. The Hall–Kier alpha value is -3.62. The van der Waals surface area contributed by atoms with Gasteiger partial charge in [0, 0.05) is 16.3 Å². The molecule has 0 bridgehead atoms. The zero-order valence-corrected chi connectivity index (χ0v) is 20.2. The van der Waals surface area contributed by atoms with Crippen molar-refractivity contribution < 1.29 is 23.5 Å². The first kappa shape index (κ1) is 24.5. The van der Waals surface area contributed by atoms with Crippen LogP contribution in [0.25, 0.3) is 6.08 Å². The highest BCUT2D eigenvalue weighted by Crippen LogP contribution is 2.35. The first-order valence-corrected chi connectivity index (χ1v) is 11.8. The number of carbonyl (C=O) groups excluding carboxylic acids is 3. The van der Waals surface area contributed by atoms with Crippen molar-refractivity contribution in [3.05, 3.63) is 99.2 Å². The predicted octanol–water partition coefficient (Wildman–Crippen LogP) is 6.04. The second kappa shape index (κ2) is 10.8. The molecule has 0 saturated carbocycles. The van der Waals surface area contributed by atoms with E-state index in [1.807, 2.05) is 19.1 Å². The second-order valence-corrected chi connectivity index (χ2v) is 9.14. The van der Waals surface area contributed by atoms with E-state index in [0.717, 1.165) is 22.2 Å². The summed E-state index contributed by atoms with van der Waals surface area (Å²) in [7, 11) is 0. The summed E-state index contributed by atoms with van der Waals surface area (Å²) in [6, 6.07) is 18.4. The average Bonchev–Trinajstić information content (AvgIpc) is 3.09. The van der Waals surface area contributed by atoms with Crippen LogP contribution in [0.5, 0.6) is 5.75 Å². The summed E-state index contributed by atoms with van der Waals surface area (Å²) in [5.41, 5.74) is 2.45. The van der Waals surface area contributed by atoms with Crippen LogP contribution in [0, 0.1) is 12.7 Å². The molecule has 3 aromatic carbocycles. The van der Waals surface area contributed by atoms with E-state index in [9.17, 15) is 18.8 Å². The van der Waals surface area contributed by atoms with E-state index < -0.39 is 17.0 Å². The third kappa shape index (κ3) is 6.09. The summed E-state index contributed by atoms with van der Waals surface area (Å²) in [6.45, 7) is 1.50. The van der Waals surface area contributed by atoms with Crippen LogP contribution in [-0.4, -0.2) is 28.6 Å². The third-order valence-electron chi connectivity index (χ3n) is 5.11. The molecule has 4 rings (SSSR count). The van der Waals surface area contributed by atoms with E-state index in [-0.39, 0.29) is 34.6 Å². The molecular formula is C26H20ClFN2O4S. The average molecular weight is 511 g/mol. The van der Waals surface area contributed by atoms with Crippen LogP contribution < -0.4 is 10.1 Å². The minimum atomic E-state index is -0.586. The largest absolute Gasteiger partial charge is 0.484 e. The van der Waals surface area contributed by atoms with Gasteiger partial charge in [0.1, 0.15) is 11.6 Å². The quantitative estimate of drug-likeness (QED) is 0.392. The van der Waals surface area contributed by atoms with Crippen LogP contribution in [0.4, 0.5) is 14.9 Å². The number of hydrogen-bond donors (Lipinski definition) is 1. The molecule has 1 aliphatic rings. The van der Waals surface area contributed by atoms with Crippen LogP contribution in [0.2, 0.25) is 5.02 Å². The summed E-state index contributed by atoms with van der Waals surface area (Å²) >= 11 is 6.80. The van der Waals surface area contributed by atoms with Gasteiger partial charge in [-0.25, -0.2) is 4.39 Å². The van der Waals surface area contributed by atoms with E-state index in [4.69, 9.17) is 16.3 Å².